The monoisotopic (exact) mass is 364 g/mol. The smallest absolute Gasteiger partial charge is 0.298 e. The molecule has 26 heavy (non-hydrogen) atoms. The number of amides is 1. The summed E-state index contributed by atoms with van der Waals surface area (Å²) < 4.78 is 6.22. The van der Waals surface area contributed by atoms with Gasteiger partial charge in [-0.25, -0.2) is 4.98 Å². The number of rotatable bonds is 4. The molecule has 0 N–H and O–H groups in total. The summed E-state index contributed by atoms with van der Waals surface area (Å²) in [5.41, 5.74) is 3.56. The summed E-state index contributed by atoms with van der Waals surface area (Å²) in [4.78, 5) is 23.5. The zero-order valence-corrected chi connectivity index (χ0v) is 15.2. The van der Waals surface area contributed by atoms with E-state index in [2.05, 4.69) is 10.1 Å². The van der Waals surface area contributed by atoms with Crippen LogP contribution in [-0.2, 0) is 6.54 Å². The Morgan fingerprint density at radius 3 is 2.81 bits per heavy atom. The van der Waals surface area contributed by atoms with Gasteiger partial charge in [-0.05, 0) is 37.1 Å². The molecule has 0 unspecified atom stereocenters. The van der Waals surface area contributed by atoms with Crippen LogP contribution in [-0.4, -0.2) is 21.0 Å². The van der Waals surface area contributed by atoms with E-state index in [1.165, 1.54) is 11.3 Å². The lowest BCUT2D eigenvalue weighted by molar-refractivity contribution is 0.0949. The molecule has 7 heteroatoms. The quantitative estimate of drug-likeness (QED) is 0.544. The molecule has 0 aliphatic rings. The van der Waals surface area contributed by atoms with Gasteiger partial charge in [0, 0.05) is 18.5 Å². The molecule has 0 saturated heterocycles. The number of nitrogens with zero attached hydrogens (tertiary/aromatic N) is 4. The van der Waals surface area contributed by atoms with Gasteiger partial charge in [-0.3, -0.25) is 14.7 Å². The molecule has 0 aliphatic heterocycles. The molecule has 130 valence electrons. The van der Waals surface area contributed by atoms with Gasteiger partial charge in [-0.15, -0.1) is 0 Å². The third kappa shape index (κ3) is 3.09. The molecule has 0 bridgehead atoms. The fourth-order valence-electron chi connectivity index (χ4n) is 2.69. The molecule has 6 nitrogen and oxygen atoms in total. The zero-order valence-electron chi connectivity index (χ0n) is 14.3. The van der Waals surface area contributed by atoms with Crippen LogP contribution in [0, 0.1) is 13.8 Å². The van der Waals surface area contributed by atoms with Crippen molar-refractivity contribution in [3.63, 3.8) is 0 Å². The van der Waals surface area contributed by atoms with E-state index >= 15 is 0 Å². The summed E-state index contributed by atoms with van der Waals surface area (Å²) in [6, 6.07) is 11.4. The molecule has 3 aromatic heterocycles. The van der Waals surface area contributed by atoms with Crippen molar-refractivity contribution in [2.45, 2.75) is 20.4 Å². The van der Waals surface area contributed by atoms with E-state index in [1.54, 1.807) is 30.3 Å². The molecular formula is C19H16N4O2S. The van der Waals surface area contributed by atoms with Gasteiger partial charge in [-0.2, -0.15) is 0 Å². The number of hydrogen-bond acceptors (Lipinski definition) is 6. The Labute approximate surface area is 154 Å². The predicted octanol–water partition coefficient (Wildman–Crippen LogP) is 4.14. The van der Waals surface area contributed by atoms with Crippen molar-refractivity contribution in [2.24, 2.45) is 0 Å². The van der Waals surface area contributed by atoms with Crippen LogP contribution in [0.5, 0.6) is 0 Å². The Hall–Kier alpha value is -3.06. The number of aromatic nitrogens is 3. The van der Waals surface area contributed by atoms with E-state index in [-0.39, 0.29) is 11.7 Å². The number of carbonyl (C=O) groups is 1. The fraction of sp³-hybridized carbons (Fsp3) is 0.158. The van der Waals surface area contributed by atoms with Gasteiger partial charge in [0.05, 0.1) is 22.5 Å². The van der Waals surface area contributed by atoms with E-state index in [1.807, 2.05) is 37.3 Å². The number of hydrogen-bond donors (Lipinski definition) is 0. The van der Waals surface area contributed by atoms with Crippen LogP contribution in [0.15, 0.2) is 53.3 Å². The minimum Gasteiger partial charge on any atom is -0.351 e. The Morgan fingerprint density at radius 1 is 1.23 bits per heavy atom. The Morgan fingerprint density at radius 2 is 2.12 bits per heavy atom. The summed E-state index contributed by atoms with van der Waals surface area (Å²) in [6.07, 6.45) is 3.45. The summed E-state index contributed by atoms with van der Waals surface area (Å²) in [6.45, 7) is 4.15. The van der Waals surface area contributed by atoms with Crippen molar-refractivity contribution in [3.05, 3.63) is 71.4 Å². The number of aryl methyl sites for hydroxylation is 2. The van der Waals surface area contributed by atoms with Crippen molar-refractivity contribution >= 4 is 32.6 Å². The third-order valence-electron chi connectivity index (χ3n) is 3.99. The van der Waals surface area contributed by atoms with Gasteiger partial charge in [0.25, 0.3) is 5.91 Å². The lowest BCUT2D eigenvalue weighted by Crippen LogP contribution is -2.30. The van der Waals surface area contributed by atoms with E-state index in [9.17, 15) is 4.79 Å². The second kappa shape index (κ2) is 6.68. The number of benzene rings is 1. The number of carbonyl (C=O) groups excluding carboxylic acids is 1. The van der Waals surface area contributed by atoms with Crippen LogP contribution in [0.25, 0.3) is 10.2 Å². The van der Waals surface area contributed by atoms with Crippen LogP contribution in [0.4, 0.5) is 5.13 Å². The maximum atomic E-state index is 13.1. The highest BCUT2D eigenvalue weighted by atomic mass is 32.1. The van der Waals surface area contributed by atoms with Gasteiger partial charge in [-0.1, -0.05) is 34.7 Å². The lowest BCUT2D eigenvalue weighted by atomic mass is 10.2. The Kier molecular flexibility index (Phi) is 4.22. The number of pyridine rings is 1. The maximum Gasteiger partial charge on any atom is 0.298 e. The maximum absolute atomic E-state index is 13.1. The van der Waals surface area contributed by atoms with Crippen molar-refractivity contribution in [1.82, 2.24) is 15.1 Å². The van der Waals surface area contributed by atoms with Crippen LogP contribution >= 0.6 is 11.3 Å². The lowest BCUT2D eigenvalue weighted by Gasteiger charge is -2.18. The van der Waals surface area contributed by atoms with Crippen molar-refractivity contribution in [3.8, 4) is 0 Å². The molecule has 1 amide bonds. The average Bonchev–Trinajstić information content (AvgIpc) is 3.27. The predicted molar refractivity (Wildman–Crippen MR) is 100 cm³/mol. The standard InChI is InChI=1S/C19H16N4O2S/c1-12-5-3-7-16-17(12)21-19(26-16)23(11-14-6-4-8-20-10-14)18(24)15-9-13(2)22-25-15/h3-10H,11H2,1-2H3. The summed E-state index contributed by atoms with van der Waals surface area (Å²) in [5.74, 6) is -0.0754. The first kappa shape index (κ1) is 16.4. The SMILES string of the molecule is Cc1cc(C(=O)N(Cc2cccnc2)c2nc3c(C)cccc3s2)on1. The summed E-state index contributed by atoms with van der Waals surface area (Å²) in [7, 11) is 0. The van der Waals surface area contributed by atoms with Crippen LogP contribution in [0.1, 0.15) is 27.4 Å². The molecule has 0 fully saturated rings. The third-order valence-corrected chi connectivity index (χ3v) is 5.03. The van der Waals surface area contributed by atoms with Crippen LogP contribution in [0.2, 0.25) is 0 Å². The molecule has 4 aromatic rings. The van der Waals surface area contributed by atoms with Gasteiger partial charge in [0.2, 0.25) is 5.76 Å². The van der Waals surface area contributed by atoms with E-state index in [0.29, 0.717) is 17.4 Å². The second-order valence-electron chi connectivity index (χ2n) is 6.00. The van der Waals surface area contributed by atoms with Crippen molar-refractivity contribution in [1.29, 1.82) is 0 Å². The first-order valence-corrected chi connectivity index (χ1v) is 8.94. The zero-order chi connectivity index (χ0) is 18.1. The first-order valence-electron chi connectivity index (χ1n) is 8.12. The molecule has 0 atom stereocenters. The molecule has 0 aliphatic carbocycles. The molecule has 3 heterocycles. The normalized spacial score (nSPS) is 11.0. The van der Waals surface area contributed by atoms with Gasteiger partial charge in [0.15, 0.2) is 5.13 Å². The molecule has 0 spiro atoms. The van der Waals surface area contributed by atoms with Crippen LogP contribution < -0.4 is 4.90 Å². The number of para-hydroxylation sites is 1. The highest BCUT2D eigenvalue weighted by Gasteiger charge is 2.25. The minimum atomic E-state index is -0.272. The van der Waals surface area contributed by atoms with Crippen molar-refractivity contribution in [2.75, 3.05) is 4.90 Å². The largest absolute Gasteiger partial charge is 0.351 e. The van der Waals surface area contributed by atoms with Gasteiger partial charge in [0.1, 0.15) is 0 Å². The summed E-state index contributed by atoms with van der Waals surface area (Å²) in [5, 5.41) is 4.45. The average molecular weight is 364 g/mol. The van der Waals surface area contributed by atoms with E-state index in [0.717, 1.165) is 21.3 Å². The highest BCUT2D eigenvalue weighted by molar-refractivity contribution is 7.22. The number of fused-ring (bicyclic) bond motifs is 1. The number of anilines is 1. The Bertz CT molecular complexity index is 1070. The molecule has 1 aromatic carbocycles. The second-order valence-corrected chi connectivity index (χ2v) is 7.01. The molecular weight excluding hydrogens is 348 g/mol. The van der Waals surface area contributed by atoms with Crippen LogP contribution in [0.3, 0.4) is 0 Å². The summed E-state index contributed by atoms with van der Waals surface area (Å²) >= 11 is 1.48. The van der Waals surface area contributed by atoms with Crippen molar-refractivity contribution < 1.29 is 9.32 Å². The topological polar surface area (TPSA) is 72.1 Å². The molecule has 0 saturated carbocycles. The van der Waals surface area contributed by atoms with Gasteiger partial charge < -0.3 is 4.52 Å². The van der Waals surface area contributed by atoms with Gasteiger partial charge >= 0.3 is 0 Å². The molecule has 0 radical (unpaired) electrons. The Balaban J connectivity index is 1.78. The fourth-order valence-corrected chi connectivity index (χ4v) is 3.73. The van der Waals surface area contributed by atoms with E-state index < -0.39 is 0 Å². The first-order chi connectivity index (χ1) is 12.6. The molecule has 4 rings (SSSR count). The minimum absolute atomic E-state index is 0.197. The highest BCUT2D eigenvalue weighted by Crippen LogP contribution is 2.32. The number of thiazole rings is 1. The van der Waals surface area contributed by atoms with E-state index in [4.69, 9.17) is 9.51 Å².